The molecule has 2 aromatic carbocycles. The molecule has 1 fully saturated rings. The number of amides is 1. The number of hydrogen-bond acceptors (Lipinski definition) is 4. The van der Waals surface area contributed by atoms with Gasteiger partial charge in [0.2, 0.25) is 0 Å². The highest BCUT2D eigenvalue weighted by molar-refractivity contribution is 7.90. The first-order chi connectivity index (χ1) is 12.8. The number of rotatable bonds is 5. The second-order valence-corrected chi connectivity index (χ2v) is 8.94. The molecule has 27 heavy (non-hydrogen) atoms. The molecule has 0 saturated carbocycles. The van der Waals surface area contributed by atoms with Crippen LogP contribution in [0, 0.1) is 5.82 Å². The Labute approximate surface area is 159 Å². The van der Waals surface area contributed by atoms with Crippen molar-refractivity contribution >= 4 is 15.7 Å². The predicted octanol–water partition coefficient (Wildman–Crippen LogP) is 2.62. The van der Waals surface area contributed by atoms with Crippen LogP contribution in [0.25, 0.3) is 0 Å². The Hall–Kier alpha value is -2.25. The van der Waals surface area contributed by atoms with E-state index in [4.69, 9.17) is 0 Å². The molecule has 1 saturated heterocycles. The summed E-state index contributed by atoms with van der Waals surface area (Å²) in [6.07, 6.45) is 2.57. The summed E-state index contributed by atoms with van der Waals surface area (Å²) in [5.74, 6) is -1.29. The highest BCUT2D eigenvalue weighted by atomic mass is 32.2. The fourth-order valence-corrected chi connectivity index (χ4v) is 3.90. The van der Waals surface area contributed by atoms with E-state index in [1.54, 1.807) is 0 Å². The van der Waals surface area contributed by atoms with Gasteiger partial charge in [-0.15, -0.1) is 0 Å². The van der Waals surface area contributed by atoms with Crippen molar-refractivity contribution in [2.24, 2.45) is 0 Å². The van der Waals surface area contributed by atoms with Gasteiger partial charge in [-0.1, -0.05) is 30.3 Å². The number of sulfone groups is 1. The lowest BCUT2D eigenvalue weighted by molar-refractivity contribution is 0.0904. The fraction of sp³-hybridized carbons (Fsp3) is 0.350. The summed E-state index contributed by atoms with van der Waals surface area (Å²) in [7, 11) is -3.50. The lowest BCUT2D eigenvalue weighted by atomic mass is 10.0. The molecule has 0 radical (unpaired) electrons. The average molecular weight is 390 g/mol. The van der Waals surface area contributed by atoms with Gasteiger partial charge in [-0.05, 0) is 36.6 Å². The van der Waals surface area contributed by atoms with E-state index in [1.807, 2.05) is 18.2 Å². The molecular formula is C20H23FN2O3S. The molecule has 0 unspecified atom stereocenters. The zero-order valence-corrected chi connectivity index (χ0v) is 16.0. The van der Waals surface area contributed by atoms with Gasteiger partial charge in [-0.2, -0.15) is 0 Å². The van der Waals surface area contributed by atoms with Crippen LogP contribution >= 0.6 is 0 Å². The Balaban J connectivity index is 1.58. The summed E-state index contributed by atoms with van der Waals surface area (Å²) < 4.78 is 37.3. The van der Waals surface area contributed by atoms with Gasteiger partial charge in [-0.25, -0.2) is 12.8 Å². The van der Waals surface area contributed by atoms with Crippen LogP contribution < -0.4 is 5.32 Å². The fourth-order valence-electron chi connectivity index (χ4n) is 3.25. The first-order valence-electron chi connectivity index (χ1n) is 8.89. The maximum atomic E-state index is 14.0. The Morgan fingerprint density at radius 1 is 1.15 bits per heavy atom. The van der Waals surface area contributed by atoms with E-state index in [1.165, 1.54) is 11.6 Å². The van der Waals surface area contributed by atoms with E-state index in [0.29, 0.717) is 0 Å². The minimum Gasteiger partial charge on any atom is -0.349 e. The number of carbonyl (C=O) groups is 1. The summed E-state index contributed by atoms with van der Waals surface area (Å²) in [5, 5.41) is 2.84. The molecule has 1 aliphatic heterocycles. The topological polar surface area (TPSA) is 66.5 Å². The van der Waals surface area contributed by atoms with Crippen molar-refractivity contribution in [3.05, 3.63) is 65.5 Å². The van der Waals surface area contributed by atoms with Crippen LogP contribution in [0.3, 0.4) is 0 Å². The normalized spacial score (nSPS) is 16.2. The number of halogens is 1. The molecule has 7 heteroatoms. The first-order valence-corrected chi connectivity index (χ1v) is 10.8. The maximum Gasteiger partial charge on any atom is 0.254 e. The van der Waals surface area contributed by atoms with E-state index in [0.717, 1.165) is 50.9 Å². The quantitative estimate of drug-likeness (QED) is 0.797. The summed E-state index contributed by atoms with van der Waals surface area (Å²) in [5.41, 5.74) is 1.02. The maximum absolute atomic E-state index is 14.0. The van der Waals surface area contributed by atoms with E-state index < -0.39 is 21.6 Å². The highest BCUT2D eigenvalue weighted by Crippen LogP contribution is 2.18. The third kappa shape index (κ3) is 5.14. The standard InChI is InChI=1S/C20H23FN2O3S/c1-27(25,26)17-7-8-19(21)18(13-17)20(24)22-16-9-11-23(12-10-16)14-15-5-3-2-4-6-15/h2-8,13,16H,9-12,14H2,1H3,(H,22,24). The molecule has 1 aliphatic rings. The van der Waals surface area contributed by atoms with Crippen molar-refractivity contribution in [2.75, 3.05) is 19.3 Å². The van der Waals surface area contributed by atoms with Crippen LogP contribution in [0.15, 0.2) is 53.4 Å². The van der Waals surface area contributed by atoms with E-state index >= 15 is 0 Å². The smallest absolute Gasteiger partial charge is 0.254 e. The Kier molecular flexibility index (Phi) is 5.92. The van der Waals surface area contributed by atoms with Gasteiger partial charge in [0.1, 0.15) is 5.82 Å². The van der Waals surface area contributed by atoms with Crippen LogP contribution in [0.5, 0.6) is 0 Å². The van der Waals surface area contributed by atoms with Crippen LogP contribution in [0.2, 0.25) is 0 Å². The molecule has 0 aliphatic carbocycles. The molecule has 2 aromatic rings. The molecule has 5 nitrogen and oxygen atoms in total. The average Bonchev–Trinajstić information content (AvgIpc) is 2.63. The van der Waals surface area contributed by atoms with Crippen molar-refractivity contribution in [2.45, 2.75) is 30.3 Å². The number of piperidine rings is 1. The first kappa shape index (κ1) is 19.5. The third-order valence-corrected chi connectivity index (χ3v) is 5.89. The molecular weight excluding hydrogens is 367 g/mol. The molecule has 1 N–H and O–H groups in total. The Morgan fingerprint density at radius 3 is 2.44 bits per heavy atom. The second-order valence-electron chi connectivity index (χ2n) is 6.92. The zero-order chi connectivity index (χ0) is 19.4. The molecule has 1 amide bonds. The molecule has 0 aromatic heterocycles. The van der Waals surface area contributed by atoms with Crippen molar-refractivity contribution in [3.63, 3.8) is 0 Å². The molecule has 0 spiro atoms. The number of carbonyl (C=O) groups excluding carboxylic acids is 1. The van der Waals surface area contributed by atoms with Crippen molar-refractivity contribution in [1.82, 2.24) is 10.2 Å². The Morgan fingerprint density at radius 2 is 1.81 bits per heavy atom. The lowest BCUT2D eigenvalue weighted by Crippen LogP contribution is -2.44. The van der Waals surface area contributed by atoms with Gasteiger partial charge in [0.15, 0.2) is 9.84 Å². The van der Waals surface area contributed by atoms with Gasteiger partial charge in [0, 0.05) is 31.9 Å². The number of nitrogens with zero attached hydrogens (tertiary/aromatic N) is 1. The summed E-state index contributed by atoms with van der Waals surface area (Å²) in [6, 6.07) is 13.4. The minimum absolute atomic E-state index is 0.0502. The third-order valence-electron chi connectivity index (χ3n) is 4.78. The van der Waals surface area contributed by atoms with Crippen LogP contribution in [0.4, 0.5) is 4.39 Å². The number of benzene rings is 2. The summed E-state index contributed by atoms with van der Waals surface area (Å²) in [4.78, 5) is 14.7. The van der Waals surface area contributed by atoms with Crippen LogP contribution in [-0.4, -0.2) is 44.6 Å². The molecule has 3 rings (SSSR count). The van der Waals surface area contributed by atoms with Gasteiger partial charge in [-0.3, -0.25) is 9.69 Å². The van der Waals surface area contributed by atoms with E-state index in [-0.39, 0.29) is 16.5 Å². The van der Waals surface area contributed by atoms with Crippen molar-refractivity contribution in [3.8, 4) is 0 Å². The zero-order valence-electron chi connectivity index (χ0n) is 15.2. The predicted molar refractivity (Wildman–Crippen MR) is 102 cm³/mol. The number of nitrogens with one attached hydrogen (secondary N) is 1. The summed E-state index contributed by atoms with van der Waals surface area (Å²) in [6.45, 7) is 2.55. The molecule has 0 atom stereocenters. The number of hydrogen-bond donors (Lipinski definition) is 1. The van der Waals surface area contributed by atoms with Gasteiger partial charge in [0.05, 0.1) is 10.5 Å². The Bertz CT molecular complexity index is 908. The van der Waals surface area contributed by atoms with Crippen LogP contribution in [0.1, 0.15) is 28.8 Å². The summed E-state index contributed by atoms with van der Waals surface area (Å²) >= 11 is 0. The molecule has 1 heterocycles. The number of likely N-dealkylation sites (tertiary alicyclic amines) is 1. The van der Waals surface area contributed by atoms with Gasteiger partial charge in [0.25, 0.3) is 5.91 Å². The molecule has 0 bridgehead atoms. The van der Waals surface area contributed by atoms with Crippen molar-refractivity contribution < 1.29 is 17.6 Å². The largest absolute Gasteiger partial charge is 0.349 e. The monoisotopic (exact) mass is 390 g/mol. The highest BCUT2D eigenvalue weighted by Gasteiger charge is 2.23. The van der Waals surface area contributed by atoms with E-state index in [9.17, 15) is 17.6 Å². The molecule has 144 valence electrons. The van der Waals surface area contributed by atoms with Crippen molar-refractivity contribution in [1.29, 1.82) is 0 Å². The van der Waals surface area contributed by atoms with E-state index in [2.05, 4.69) is 22.3 Å². The van der Waals surface area contributed by atoms with Crippen LogP contribution in [-0.2, 0) is 16.4 Å². The van der Waals surface area contributed by atoms with Gasteiger partial charge < -0.3 is 5.32 Å². The second kappa shape index (κ2) is 8.19. The SMILES string of the molecule is CS(=O)(=O)c1ccc(F)c(C(=O)NC2CCN(Cc3ccccc3)CC2)c1. The lowest BCUT2D eigenvalue weighted by Gasteiger charge is -2.32. The van der Waals surface area contributed by atoms with Gasteiger partial charge >= 0.3 is 0 Å². The minimum atomic E-state index is -3.50.